The quantitative estimate of drug-likeness (QED) is 0.587. The van der Waals surface area contributed by atoms with Gasteiger partial charge in [-0.2, -0.15) is 0 Å². The third-order valence-electron chi connectivity index (χ3n) is 3.87. The molecule has 0 unspecified atom stereocenters. The van der Waals surface area contributed by atoms with Gasteiger partial charge in [-0.3, -0.25) is 0 Å². The van der Waals surface area contributed by atoms with Crippen LogP contribution in [0.2, 0.25) is 0 Å². The van der Waals surface area contributed by atoms with Gasteiger partial charge in [-0.25, -0.2) is 13.8 Å². The van der Waals surface area contributed by atoms with Crippen molar-refractivity contribution in [2.75, 3.05) is 7.11 Å². The molecule has 1 aromatic heterocycles. The number of imidazole rings is 1. The Labute approximate surface area is 135 Å². The normalized spacial score (nSPS) is 12.3. The summed E-state index contributed by atoms with van der Waals surface area (Å²) in [5.41, 5.74) is 1.39. The molecule has 0 amide bonds. The molecule has 0 aliphatic carbocycles. The largest absolute Gasteiger partial charge is 0.504 e. The topological polar surface area (TPSA) is 67.4 Å². The zero-order valence-electron chi connectivity index (χ0n) is 12.6. The number of fused-ring (bicyclic) bond motifs is 2. The highest BCUT2D eigenvalue weighted by Gasteiger charge is 2.25. The minimum atomic E-state index is -1.05. The van der Waals surface area contributed by atoms with Gasteiger partial charge in [0.15, 0.2) is 23.1 Å². The van der Waals surface area contributed by atoms with Gasteiger partial charge in [-0.15, -0.1) is 0 Å². The van der Waals surface area contributed by atoms with Gasteiger partial charge in [0.05, 0.1) is 12.7 Å². The average molecular weight is 330 g/mol. The Kier molecular flexibility index (Phi) is 3.16. The van der Waals surface area contributed by atoms with Crippen molar-refractivity contribution in [2.45, 2.75) is 6.42 Å². The second-order valence-electron chi connectivity index (χ2n) is 5.37. The summed E-state index contributed by atoms with van der Waals surface area (Å²) in [4.78, 5) is 7.16. The van der Waals surface area contributed by atoms with Crippen LogP contribution in [-0.2, 0) is 6.42 Å². The molecule has 1 aliphatic rings. The molecule has 0 radical (unpaired) electrons. The van der Waals surface area contributed by atoms with Crippen LogP contribution in [0, 0.1) is 11.6 Å². The van der Waals surface area contributed by atoms with Gasteiger partial charge in [0, 0.05) is 18.1 Å². The van der Waals surface area contributed by atoms with Crippen molar-refractivity contribution in [3.63, 3.8) is 0 Å². The molecule has 1 aliphatic heterocycles. The van der Waals surface area contributed by atoms with Crippen LogP contribution in [0.25, 0.3) is 11.4 Å². The smallest absolute Gasteiger partial charge is 0.221 e. The minimum absolute atomic E-state index is 0.0680. The van der Waals surface area contributed by atoms with E-state index in [1.165, 1.54) is 0 Å². The van der Waals surface area contributed by atoms with E-state index < -0.39 is 17.4 Å². The van der Waals surface area contributed by atoms with Crippen LogP contribution in [0.5, 0.6) is 23.1 Å². The molecule has 122 valence electrons. The number of hydrogen-bond donors (Lipinski definition) is 2. The van der Waals surface area contributed by atoms with E-state index >= 15 is 0 Å². The van der Waals surface area contributed by atoms with E-state index in [9.17, 15) is 13.9 Å². The zero-order chi connectivity index (χ0) is 16.8. The molecule has 24 heavy (non-hydrogen) atoms. The van der Waals surface area contributed by atoms with E-state index in [1.807, 2.05) is 12.1 Å². The summed E-state index contributed by atoms with van der Waals surface area (Å²) in [6.45, 7) is 0. The van der Waals surface area contributed by atoms with Gasteiger partial charge in [0.2, 0.25) is 5.88 Å². The lowest BCUT2D eigenvalue weighted by Crippen LogP contribution is -2.04. The third-order valence-corrected chi connectivity index (χ3v) is 3.87. The van der Waals surface area contributed by atoms with Crippen LogP contribution in [-0.4, -0.2) is 22.2 Å². The van der Waals surface area contributed by atoms with Crippen LogP contribution in [0.15, 0.2) is 30.3 Å². The summed E-state index contributed by atoms with van der Waals surface area (Å²) >= 11 is 0. The molecule has 0 bridgehead atoms. The molecular weight excluding hydrogens is 318 g/mol. The maximum atomic E-state index is 13.5. The van der Waals surface area contributed by atoms with E-state index in [-0.39, 0.29) is 11.4 Å². The van der Waals surface area contributed by atoms with Crippen molar-refractivity contribution in [3.05, 3.63) is 53.2 Å². The molecular formula is C17H12F2N2O3. The van der Waals surface area contributed by atoms with E-state index in [2.05, 4.69) is 9.97 Å². The van der Waals surface area contributed by atoms with E-state index in [0.717, 1.165) is 11.6 Å². The van der Waals surface area contributed by atoms with E-state index in [4.69, 9.17) is 9.47 Å². The predicted octanol–water partition coefficient (Wildman–Crippen LogP) is 3.77. The molecule has 2 N–H and O–H groups in total. The van der Waals surface area contributed by atoms with Gasteiger partial charge in [0.1, 0.15) is 17.3 Å². The van der Waals surface area contributed by atoms with Crippen LogP contribution in [0.4, 0.5) is 8.78 Å². The van der Waals surface area contributed by atoms with Gasteiger partial charge in [-0.1, -0.05) is 12.1 Å². The Morgan fingerprint density at radius 1 is 1.29 bits per heavy atom. The van der Waals surface area contributed by atoms with E-state index in [0.29, 0.717) is 35.6 Å². The van der Waals surface area contributed by atoms with Crippen LogP contribution >= 0.6 is 0 Å². The van der Waals surface area contributed by atoms with Crippen molar-refractivity contribution in [2.24, 2.45) is 0 Å². The molecule has 7 heteroatoms. The van der Waals surface area contributed by atoms with Crippen molar-refractivity contribution in [3.8, 4) is 34.5 Å². The molecule has 0 fully saturated rings. The molecule has 0 spiro atoms. The number of H-pyrrole nitrogens is 1. The number of ether oxygens (including phenoxy) is 2. The first kappa shape index (κ1) is 14.5. The SMILES string of the molecule is COc1cccc2c1Oc1[nH]c(-c3cc(F)cc(F)c3O)nc1C2. The molecule has 0 saturated heterocycles. The minimum Gasteiger partial charge on any atom is -0.504 e. The standard InChI is InChI=1S/C17H12F2N2O3/c1-23-13-4-2-3-8-5-12-17(24-15(8)13)21-16(20-12)10-6-9(18)7-11(19)14(10)22/h2-4,6-7,22H,5H2,1H3,(H,20,21). The number of nitrogens with one attached hydrogen (secondary N) is 1. The van der Waals surface area contributed by atoms with Gasteiger partial charge in [-0.05, 0) is 12.1 Å². The fourth-order valence-corrected chi connectivity index (χ4v) is 2.73. The lowest BCUT2D eigenvalue weighted by Gasteiger charge is -2.18. The number of aromatic hydroxyl groups is 1. The fraction of sp³-hybridized carbons (Fsp3) is 0.118. The number of phenols is 1. The highest BCUT2D eigenvalue weighted by atomic mass is 19.1. The molecule has 0 atom stereocenters. The first-order valence-corrected chi connectivity index (χ1v) is 7.18. The summed E-state index contributed by atoms with van der Waals surface area (Å²) in [5, 5.41) is 9.83. The van der Waals surface area contributed by atoms with Crippen molar-refractivity contribution >= 4 is 0 Å². The monoisotopic (exact) mass is 330 g/mol. The summed E-state index contributed by atoms with van der Waals surface area (Å²) in [5.74, 6) is -0.900. The first-order valence-electron chi connectivity index (χ1n) is 7.18. The van der Waals surface area contributed by atoms with Crippen molar-refractivity contribution in [1.29, 1.82) is 0 Å². The van der Waals surface area contributed by atoms with Crippen LogP contribution in [0.1, 0.15) is 11.3 Å². The number of benzene rings is 2. The van der Waals surface area contributed by atoms with Crippen molar-refractivity contribution in [1.82, 2.24) is 9.97 Å². The second-order valence-corrected chi connectivity index (χ2v) is 5.37. The maximum Gasteiger partial charge on any atom is 0.221 e. The van der Waals surface area contributed by atoms with Gasteiger partial charge < -0.3 is 19.6 Å². The predicted molar refractivity (Wildman–Crippen MR) is 81.5 cm³/mol. The Hall–Kier alpha value is -3.09. The summed E-state index contributed by atoms with van der Waals surface area (Å²) in [7, 11) is 1.54. The Balaban J connectivity index is 1.79. The number of nitrogens with zero attached hydrogens (tertiary/aromatic N) is 1. The molecule has 4 rings (SSSR count). The Bertz CT molecular complexity index is 953. The Morgan fingerprint density at radius 3 is 2.92 bits per heavy atom. The number of aromatic amines is 1. The first-order chi connectivity index (χ1) is 11.6. The zero-order valence-corrected chi connectivity index (χ0v) is 12.6. The number of para-hydroxylation sites is 1. The number of phenolic OH excluding ortho intramolecular Hbond substituents is 1. The van der Waals surface area contributed by atoms with Crippen molar-refractivity contribution < 1.29 is 23.4 Å². The second kappa shape index (κ2) is 5.23. The average Bonchev–Trinajstić information content (AvgIpc) is 2.98. The van der Waals surface area contributed by atoms with Gasteiger partial charge >= 0.3 is 0 Å². The third kappa shape index (κ3) is 2.17. The number of rotatable bonds is 2. The Morgan fingerprint density at radius 2 is 2.12 bits per heavy atom. The summed E-state index contributed by atoms with van der Waals surface area (Å²) < 4.78 is 38.1. The number of methoxy groups -OCH3 is 1. The highest BCUT2D eigenvalue weighted by Crippen LogP contribution is 2.42. The lowest BCUT2D eigenvalue weighted by atomic mass is 10.1. The molecule has 3 aromatic rings. The lowest BCUT2D eigenvalue weighted by molar-refractivity contribution is 0.366. The maximum absolute atomic E-state index is 13.5. The van der Waals surface area contributed by atoms with Crippen LogP contribution in [0.3, 0.4) is 0 Å². The number of aromatic nitrogens is 2. The summed E-state index contributed by atoms with van der Waals surface area (Å²) in [6, 6.07) is 7.12. The van der Waals surface area contributed by atoms with Crippen LogP contribution < -0.4 is 9.47 Å². The molecule has 2 heterocycles. The fourth-order valence-electron chi connectivity index (χ4n) is 2.73. The molecule has 2 aromatic carbocycles. The molecule has 5 nitrogen and oxygen atoms in total. The van der Waals surface area contributed by atoms with Gasteiger partial charge in [0.25, 0.3) is 0 Å². The number of hydrogen-bond acceptors (Lipinski definition) is 4. The summed E-state index contributed by atoms with van der Waals surface area (Å²) in [6.07, 6.45) is 0.469. The van der Waals surface area contributed by atoms with E-state index in [1.54, 1.807) is 13.2 Å². The number of halogens is 2. The highest BCUT2D eigenvalue weighted by molar-refractivity contribution is 5.66. The molecule has 0 saturated carbocycles.